The first-order valence-corrected chi connectivity index (χ1v) is 5.73. The van der Waals surface area contributed by atoms with Gasteiger partial charge in [0, 0.05) is 18.3 Å². The summed E-state index contributed by atoms with van der Waals surface area (Å²) in [6, 6.07) is 4.00. The average molecular weight is 260 g/mol. The number of benzene rings is 1. The highest BCUT2D eigenvalue weighted by molar-refractivity contribution is 5.56. The van der Waals surface area contributed by atoms with Crippen molar-refractivity contribution in [1.82, 2.24) is 5.32 Å². The van der Waals surface area contributed by atoms with Crippen LogP contribution < -0.4 is 15.4 Å². The molecule has 2 rings (SSSR count). The summed E-state index contributed by atoms with van der Waals surface area (Å²) in [6.07, 6.45) is -3.56. The average Bonchev–Trinajstić information content (AvgIpc) is 2.81. The van der Waals surface area contributed by atoms with E-state index in [1.54, 1.807) is 0 Å². The molecule has 2 N–H and O–H groups in total. The number of rotatable bonds is 3. The van der Waals surface area contributed by atoms with E-state index in [-0.39, 0.29) is 17.5 Å². The second-order valence-electron chi connectivity index (χ2n) is 4.24. The topological polar surface area (TPSA) is 33.3 Å². The van der Waals surface area contributed by atoms with Gasteiger partial charge >= 0.3 is 6.18 Å². The van der Waals surface area contributed by atoms with Gasteiger partial charge in [-0.2, -0.15) is 13.2 Å². The van der Waals surface area contributed by atoms with E-state index in [0.29, 0.717) is 6.54 Å². The lowest BCUT2D eigenvalue weighted by Crippen LogP contribution is -2.24. The molecule has 0 radical (unpaired) electrons. The quantitative estimate of drug-likeness (QED) is 0.876. The number of methoxy groups -OCH3 is 1. The van der Waals surface area contributed by atoms with Gasteiger partial charge in [0.2, 0.25) is 0 Å². The van der Waals surface area contributed by atoms with E-state index in [2.05, 4.69) is 10.6 Å². The van der Waals surface area contributed by atoms with Crippen molar-refractivity contribution in [3.05, 3.63) is 23.8 Å². The Hall–Kier alpha value is -1.43. The molecule has 1 unspecified atom stereocenters. The molecule has 3 nitrogen and oxygen atoms in total. The molecule has 0 bridgehead atoms. The van der Waals surface area contributed by atoms with Crippen LogP contribution >= 0.6 is 0 Å². The van der Waals surface area contributed by atoms with Crippen LogP contribution in [0.1, 0.15) is 12.0 Å². The fourth-order valence-electron chi connectivity index (χ4n) is 2.01. The second kappa shape index (κ2) is 5.06. The Kier molecular flexibility index (Phi) is 3.65. The molecular weight excluding hydrogens is 245 g/mol. The maximum Gasteiger partial charge on any atom is 0.418 e. The molecule has 6 heteroatoms. The van der Waals surface area contributed by atoms with Crippen molar-refractivity contribution in [2.75, 3.05) is 25.5 Å². The lowest BCUT2D eigenvalue weighted by atomic mass is 10.1. The van der Waals surface area contributed by atoms with Crippen LogP contribution in [0, 0.1) is 0 Å². The van der Waals surface area contributed by atoms with Gasteiger partial charge in [-0.25, -0.2) is 0 Å². The smallest absolute Gasteiger partial charge is 0.418 e. The Morgan fingerprint density at radius 3 is 2.72 bits per heavy atom. The molecule has 1 atom stereocenters. The predicted octanol–water partition coefficient (Wildman–Crippen LogP) is 2.49. The molecule has 1 fully saturated rings. The first kappa shape index (κ1) is 13.0. The maximum absolute atomic E-state index is 12.9. The highest BCUT2D eigenvalue weighted by Gasteiger charge is 2.34. The molecule has 100 valence electrons. The van der Waals surface area contributed by atoms with E-state index in [0.717, 1.165) is 19.0 Å². The number of nitrogens with one attached hydrogen (secondary N) is 2. The number of alkyl halides is 3. The van der Waals surface area contributed by atoms with Crippen molar-refractivity contribution in [2.24, 2.45) is 0 Å². The van der Waals surface area contributed by atoms with Crippen molar-refractivity contribution in [1.29, 1.82) is 0 Å². The summed E-state index contributed by atoms with van der Waals surface area (Å²) in [4.78, 5) is 0. The number of hydrogen-bond donors (Lipinski definition) is 2. The molecule has 0 spiro atoms. The molecule has 1 aliphatic heterocycles. The van der Waals surface area contributed by atoms with Crippen LogP contribution in [0.3, 0.4) is 0 Å². The zero-order chi connectivity index (χ0) is 13.2. The summed E-state index contributed by atoms with van der Waals surface area (Å²) >= 11 is 0. The van der Waals surface area contributed by atoms with Gasteiger partial charge in [0.15, 0.2) is 0 Å². The van der Waals surface area contributed by atoms with Crippen molar-refractivity contribution in [2.45, 2.75) is 18.6 Å². The van der Waals surface area contributed by atoms with E-state index in [4.69, 9.17) is 4.74 Å². The molecule has 0 aliphatic carbocycles. The summed E-state index contributed by atoms with van der Waals surface area (Å²) in [5.41, 5.74) is -0.578. The predicted molar refractivity (Wildman–Crippen MR) is 62.9 cm³/mol. The van der Waals surface area contributed by atoms with E-state index < -0.39 is 11.7 Å². The summed E-state index contributed by atoms with van der Waals surface area (Å²) in [6.45, 7) is 1.51. The molecule has 1 heterocycles. The first-order valence-electron chi connectivity index (χ1n) is 5.73. The molecule has 0 amide bonds. The minimum absolute atomic E-state index is 0.0412. The molecule has 0 saturated carbocycles. The molecule has 18 heavy (non-hydrogen) atoms. The minimum Gasteiger partial charge on any atom is -0.497 e. The third-order valence-electron chi connectivity index (χ3n) is 2.95. The highest BCUT2D eigenvalue weighted by Crippen LogP contribution is 2.37. The van der Waals surface area contributed by atoms with Crippen molar-refractivity contribution < 1.29 is 17.9 Å². The van der Waals surface area contributed by atoms with Crippen molar-refractivity contribution >= 4 is 5.69 Å². The normalized spacial score (nSPS) is 19.9. The Morgan fingerprint density at radius 2 is 2.17 bits per heavy atom. The fourth-order valence-corrected chi connectivity index (χ4v) is 2.01. The molecular formula is C12H15F3N2O. The lowest BCUT2D eigenvalue weighted by Gasteiger charge is -2.19. The monoisotopic (exact) mass is 260 g/mol. The van der Waals surface area contributed by atoms with Gasteiger partial charge in [-0.1, -0.05) is 0 Å². The van der Waals surface area contributed by atoms with Crippen molar-refractivity contribution in [3.8, 4) is 5.75 Å². The summed E-state index contributed by atoms with van der Waals surface area (Å²) in [5, 5.41) is 6.03. The van der Waals surface area contributed by atoms with Gasteiger partial charge in [0.05, 0.1) is 12.7 Å². The third-order valence-corrected chi connectivity index (χ3v) is 2.95. The molecule has 1 aromatic rings. The largest absolute Gasteiger partial charge is 0.497 e. The standard InChI is InChI=1S/C12H15F3N2O/c1-18-9-2-3-11(10(6-9)12(13,14)15)17-8-4-5-16-7-8/h2-3,6,8,16-17H,4-5,7H2,1H3. The van der Waals surface area contributed by atoms with E-state index in [1.165, 1.54) is 19.2 Å². The van der Waals surface area contributed by atoms with Crippen molar-refractivity contribution in [3.63, 3.8) is 0 Å². The van der Waals surface area contributed by atoms with Gasteiger partial charge in [-0.3, -0.25) is 0 Å². The summed E-state index contributed by atoms with van der Waals surface area (Å²) in [7, 11) is 1.35. The molecule has 1 aliphatic rings. The molecule has 0 aromatic heterocycles. The third kappa shape index (κ3) is 2.87. The van der Waals surface area contributed by atoms with Crippen LogP contribution in [0.5, 0.6) is 5.75 Å². The van der Waals surface area contributed by atoms with Gasteiger partial charge in [0.1, 0.15) is 5.75 Å². The highest BCUT2D eigenvalue weighted by atomic mass is 19.4. The van der Waals surface area contributed by atoms with Crippen LogP contribution in [0.25, 0.3) is 0 Å². The Bertz CT molecular complexity index is 414. The van der Waals surface area contributed by atoms with E-state index in [9.17, 15) is 13.2 Å². The zero-order valence-corrected chi connectivity index (χ0v) is 9.97. The van der Waals surface area contributed by atoms with Gasteiger partial charge < -0.3 is 15.4 Å². The SMILES string of the molecule is COc1ccc(NC2CCNC2)c(C(F)(F)F)c1. The summed E-state index contributed by atoms with van der Waals surface area (Å²) < 4.78 is 43.6. The van der Waals surface area contributed by atoms with Crippen LogP contribution in [-0.4, -0.2) is 26.2 Å². The summed E-state index contributed by atoms with van der Waals surface area (Å²) in [5.74, 6) is 0.206. The van der Waals surface area contributed by atoms with Gasteiger partial charge in [0.25, 0.3) is 0 Å². The maximum atomic E-state index is 12.9. The first-order chi connectivity index (χ1) is 8.50. The second-order valence-corrected chi connectivity index (χ2v) is 4.24. The molecule has 1 saturated heterocycles. The van der Waals surface area contributed by atoms with Crippen LogP contribution in [0.15, 0.2) is 18.2 Å². The lowest BCUT2D eigenvalue weighted by molar-refractivity contribution is -0.137. The van der Waals surface area contributed by atoms with E-state index in [1.807, 2.05) is 0 Å². The van der Waals surface area contributed by atoms with Crippen LogP contribution in [0.2, 0.25) is 0 Å². The van der Waals surface area contributed by atoms with Gasteiger partial charge in [-0.05, 0) is 31.2 Å². The molecule has 1 aromatic carbocycles. The fraction of sp³-hybridized carbons (Fsp3) is 0.500. The Labute approximate surface area is 103 Å². The number of halogens is 3. The van der Waals surface area contributed by atoms with Gasteiger partial charge in [-0.15, -0.1) is 0 Å². The Morgan fingerprint density at radius 1 is 1.39 bits per heavy atom. The number of ether oxygens (including phenoxy) is 1. The minimum atomic E-state index is -4.39. The number of hydrogen-bond acceptors (Lipinski definition) is 3. The van der Waals surface area contributed by atoms with Crippen LogP contribution in [0.4, 0.5) is 18.9 Å². The van der Waals surface area contributed by atoms with Crippen LogP contribution in [-0.2, 0) is 6.18 Å². The zero-order valence-electron chi connectivity index (χ0n) is 9.97. The van der Waals surface area contributed by atoms with E-state index >= 15 is 0 Å². The number of anilines is 1. The Balaban J connectivity index is 2.27.